The number of rotatable bonds is 3. The van der Waals surface area contributed by atoms with Crippen molar-refractivity contribution in [2.45, 2.75) is 83.2 Å². The Balaban J connectivity index is 2.05. The molecule has 18 heavy (non-hydrogen) atoms. The summed E-state index contributed by atoms with van der Waals surface area (Å²) in [5, 5.41) is 9.27. The van der Waals surface area contributed by atoms with Crippen LogP contribution in [0.1, 0.15) is 71.6 Å². The second-order valence-electron chi connectivity index (χ2n) is 6.84. The zero-order chi connectivity index (χ0) is 13.0. The van der Waals surface area contributed by atoms with Gasteiger partial charge in [-0.2, -0.15) is 0 Å². The van der Waals surface area contributed by atoms with E-state index in [1.165, 1.54) is 57.9 Å². The van der Waals surface area contributed by atoms with Gasteiger partial charge in [0.1, 0.15) is 0 Å². The van der Waals surface area contributed by atoms with Crippen molar-refractivity contribution >= 4 is 0 Å². The third-order valence-corrected chi connectivity index (χ3v) is 5.43. The van der Waals surface area contributed by atoms with Crippen LogP contribution in [0.15, 0.2) is 0 Å². The third-order valence-electron chi connectivity index (χ3n) is 5.43. The molecule has 1 N–H and O–H groups in total. The molecule has 1 saturated carbocycles. The molecule has 0 amide bonds. The van der Waals surface area contributed by atoms with E-state index in [1.807, 2.05) is 0 Å². The summed E-state index contributed by atoms with van der Waals surface area (Å²) in [5.74, 6) is 0.680. The van der Waals surface area contributed by atoms with Crippen LogP contribution in [0.2, 0.25) is 0 Å². The lowest BCUT2D eigenvalue weighted by Crippen LogP contribution is -2.57. The molecule has 0 aromatic carbocycles. The molecule has 1 atom stereocenters. The standard InChI is InChI=1S/C16H31NO/c1-16(2)14(11-13-18)8-7-12-17(16)15-9-5-3-4-6-10-15/h14-15,18H,3-13H2,1-2H3. The number of hydrogen-bond donors (Lipinski definition) is 1. The molecule has 0 spiro atoms. The Morgan fingerprint density at radius 2 is 1.67 bits per heavy atom. The highest BCUT2D eigenvalue weighted by atomic mass is 16.3. The summed E-state index contributed by atoms with van der Waals surface area (Å²) in [7, 11) is 0. The Morgan fingerprint density at radius 1 is 1.00 bits per heavy atom. The van der Waals surface area contributed by atoms with E-state index >= 15 is 0 Å². The quantitative estimate of drug-likeness (QED) is 0.777. The Hall–Kier alpha value is -0.0800. The van der Waals surface area contributed by atoms with E-state index in [1.54, 1.807) is 0 Å². The summed E-state index contributed by atoms with van der Waals surface area (Å²) in [5.41, 5.74) is 0.288. The number of aliphatic hydroxyl groups is 1. The summed E-state index contributed by atoms with van der Waals surface area (Å²) < 4.78 is 0. The second kappa shape index (κ2) is 6.38. The molecule has 2 fully saturated rings. The van der Waals surface area contributed by atoms with E-state index in [0.29, 0.717) is 12.5 Å². The van der Waals surface area contributed by atoms with Crippen molar-refractivity contribution < 1.29 is 5.11 Å². The van der Waals surface area contributed by atoms with Gasteiger partial charge in [-0.15, -0.1) is 0 Å². The van der Waals surface area contributed by atoms with Gasteiger partial charge < -0.3 is 5.11 Å². The van der Waals surface area contributed by atoms with Crippen LogP contribution in [0.25, 0.3) is 0 Å². The van der Waals surface area contributed by atoms with Gasteiger partial charge in [-0.3, -0.25) is 4.90 Å². The van der Waals surface area contributed by atoms with Gasteiger partial charge in [0.15, 0.2) is 0 Å². The lowest BCUT2D eigenvalue weighted by Gasteiger charge is -2.51. The Morgan fingerprint density at radius 3 is 2.28 bits per heavy atom. The molecule has 2 aliphatic rings. The van der Waals surface area contributed by atoms with Crippen LogP contribution >= 0.6 is 0 Å². The molecular formula is C16H31NO. The van der Waals surface area contributed by atoms with Crippen LogP contribution in [-0.2, 0) is 0 Å². The zero-order valence-electron chi connectivity index (χ0n) is 12.3. The first-order valence-corrected chi connectivity index (χ1v) is 8.04. The maximum absolute atomic E-state index is 9.27. The fraction of sp³-hybridized carbons (Fsp3) is 1.00. The molecule has 106 valence electrons. The highest BCUT2D eigenvalue weighted by Crippen LogP contribution is 2.39. The summed E-state index contributed by atoms with van der Waals surface area (Å²) in [6.45, 7) is 6.46. The molecule has 2 rings (SSSR count). The molecular weight excluding hydrogens is 222 g/mol. The number of nitrogens with zero attached hydrogens (tertiary/aromatic N) is 1. The van der Waals surface area contributed by atoms with E-state index in [-0.39, 0.29) is 5.54 Å². The largest absolute Gasteiger partial charge is 0.396 e. The molecule has 1 aliphatic carbocycles. The monoisotopic (exact) mass is 253 g/mol. The van der Waals surface area contributed by atoms with Gasteiger partial charge >= 0.3 is 0 Å². The molecule has 2 nitrogen and oxygen atoms in total. The second-order valence-corrected chi connectivity index (χ2v) is 6.84. The van der Waals surface area contributed by atoms with Crippen molar-refractivity contribution in [3.05, 3.63) is 0 Å². The van der Waals surface area contributed by atoms with Crippen LogP contribution in [0.3, 0.4) is 0 Å². The zero-order valence-corrected chi connectivity index (χ0v) is 12.3. The summed E-state index contributed by atoms with van der Waals surface area (Å²) in [6.07, 6.45) is 12.1. The van der Waals surface area contributed by atoms with E-state index in [4.69, 9.17) is 0 Å². The van der Waals surface area contributed by atoms with Crippen LogP contribution in [0, 0.1) is 5.92 Å². The van der Waals surface area contributed by atoms with Crippen LogP contribution in [0.5, 0.6) is 0 Å². The minimum Gasteiger partial charge on any atom is -0.396 e. The number of likely N-dealkylation sites (tertiary alicyclic amines) is 1. The molecule has 0 radical (unpaired) electrons. The van der Waals surface area contributed by atoms with E-state index in [9.17, 15) is 5.11 Å². The Bertz CT molecular complexity index is 241. The first-order chi connectivity index (χ1) is 8.66. The molecule has 0 aromatic rings. The Labute approximate surface area is 113 Å². The molecule has 0 bridgehead atoms. The van der Waals surface area contributed by atoms with E-state index in [2.05, 4.69) is 18.7 Å². The predicted molar refractivity (Wildman–Crippen MR) is 76.7 cm³/mol. The fourth-order valence-corrected chi connectivity index (χ4v) is 4.26. The summed E-state index contributed by atoms with van der Waals surface area (Å²) in [4.78, 5) is 2.79. The van der Waals surface area contributed by atoms with Crippen LogP contribution < -0.4 is 0 Å². The lowest BCUT2D eigenvalue weighted by molar-refractivity contribution is -0.0249. The normalized spacial score (nSPS) is 31.2. The molecule has 1 heterocycles. The van der Waals surface area contributed by atoms with Crippen molar-refractivity contribution in [3.8, 4) is 0 Å². The Kier molecular flexibility index (Phi) is 5.08. The van der Waals surface area contributed by atoms with Crippen molar-refractivity contribution in [1.29, 1.82) is 0 Å². The average molecular weight is 253 g/mol. The van der Waals surface area contributed by atoms with Gasteiger partial charge in [0, 0.05) is 18.2 Å². The third kappa shape index (κ3) is 3.08. The SMILES string of the molecule is CC1(C)C(CCO)CCCN1C1CCCCCC1. The van der Waals surface area contributed by atoms with Crippen molar-refractivity contribution in [3.63, 3.8) is 0 Å². The van der Waals surface area contributed by atoms with Crippen molar-refractivity contribution in [1.82, 2.24) is 4.90 Å². The van der Waals surface area contributed by atoms with Crippen molar-refractivity contribution in [2.75, 3.05) is 13.2 Å². The van der Waals surface area contributed by atoms with Gasteiger partial charge in [-0.1, -0.05) is 25.7 Å². The van der Waals surface area contributed by atoms with Gasteiger partial charge in [0.2, 0.25) is 0 Å². The minimum absolute atomic E-state index is 0.288. The van der Waals surface area contributed by atoms with E-state index < -0.39 is 0 Å². The average Bonchev–Trinajstić information content (AvgIpc) is 2.60. The number of piperidine rings is 1. The van der Waals surface area contributed by atoms with Crippen LogP contribution in [0.4, 0.5) is 0 Å². The minimum atomic E-state index is 0.288. The molecule has 0 aromatic heterocycles. The van der Waals surface area contributed by atoms with Gasteiger partial charge in [-0.05, 0) is 58.4 Å². The lowest BCUT2D eigenvalue weighted by atomic mass is 9.76. The highest BCUT2D eigenvalue weighted by molar-refractivity contribution is 4.95. The number of hydrogen-bond acceptors (Lipinski definition) is 2. The maximum atomic E-state index is 9.27. The van der Waals surface area contributed by atoms with Crippen molar-refractivity contribution in [2.24, 2.45) is 5.92 Å². The van der Waals surface area contributed by atoms with Gasteiger partial charge in [0.25, 0.3) is 0 Å². The molecule has 1 aliphatic heterocycles. The molecule has 1 unspecified atom stereocenters. The smallest absolute Gasteiger partial charge is 0.0434 e. The summed E-state index contributed by atoms with van der Waals surface area (Å²) in [6, 6.07) is 0.809. The van der Waals surface area contributed by atoms with Gasteiger partial charge in [-0.25, -0.2) is 0 Å². The van der Waals surface area contributed by atoms with E-state index in [0.717, 1.165) is 12.5 Å². The topological polar surface area (TPSA) is 23.5 Å². The first-order valence-electron chi connectivity index (χ1n) is 8.04. The summed E-state index contributed by atoms with van der Waals surface area (Å²) >= 11 is 0. The molecule has 2 heteroatoms. The maximum Gasteiger partial charge on any atom is 0.0434 e. The predicted octanol–water partition coefficient (Wildman–Crippen LogP) is 3.58. The van der Waals surface area contributed by atoms with Crippen LogP contribution in [-0.4, -0.2) is 34.7 Å². The number of aliphatic hydroxyl groups excluding tert-OH is 1. The van der Waals surface area contributed by atoms with Gasteiger partial charge in [0.05, 0.1) is 0 Å². The fourth-order valence-electron chi connectivity index (χ4n) is 4.26. The first kappa shape index (κ1) is 14.3. The molecule has 1 saturated heterocycles. The highest BCUT2D eigenvalue weighted by Gasteiger charge is 2.40.